The molecule has 4 heterocycles. The van der Waals surface area contributed by atoms with E-state index in [0.29, 0.717) is 60.3 Å². The number of benzene rings is 1. The monoisotopic (exact) mass is 642 g/mol. The van der Waals surface area contributed by atoms with E-state index >= 15 is 0 Å². The fraction of sp³-hybridized carbons (Fsp3) is 0.389. The van der Waals surface area contributed by atoms with Crippen LogP contribution in [0.15, 0.2) is 71.7 Å². The summed E-state index contributed by atoms with van der Waals surface area (Å²) in [5.41, 5.74) is 4.17. The third-order valence-corrected chi connectivity index (χ3v) is 9.34. The van der Waals surface area contributed by atoms with Gasteiger partial charge in [-0.1, -0.05) is 36.4 Å². The smallest absolute Gasteiger partial charge is 0.235 e. The van der Waals surface area contributed by atoms with E-state index in [1.165, 1.54) is 0 Å². The molecular formula is C36H38N10O2. The van der Waals surface area contributed by atoms with Crippen molar-refractivity contribution in [3.05, 3.63) is 102 Å². The summed E-state index contributed by atoms with van der Waals surface area (Å²) in [7, 11) is 1.89. The lowest BCUT2D eigenvalue weighted by Crippen LogP contribution is -2.35. The highest BCUT2D eigenvalue weighted by molar-refractivity contribution is 5.83. The minimum Gasteiger partial charge on any atom is -0.423 e. The van der Waals surface area contributed by atoms with E-state index in [-0.39, 0.29) is 17.7 Å². The van der Waals surface area contributed by atoms with Gasteiger partial charge in [-0.3, -0.25) is 14.5 Å². The van der Waals surface area contributed by atoms with Crippen molar-refractivity contribution in [1.82, 2.24) is 40.2 Å². The predicted molar refractivity (Wildman–Crippen MR) is 177 cm³/mol. The molecule has 0 saturated heterocycles. The van der Waals surface area contributed by atoms with Crippen molar-refractivity contribution in [2.24, 2.45) is 18.9 Å². The van der Waals surface area contributed by atoms with Crippen molar-refractivity contribution in [3.8, 4) is 17.2 Å². The number of hydrogen-bond acceptors (Lipinski definition) is 10. The predicted octanol–water partition coefficient (Wildman–Crippen LogP) is 5.47. The first-order valence-corrected chi connectivity index (χ1v) is 16.6. The molecule has 48 heavy (non-hydrogen) atoms. The van der Waals surface area contributed by atoms with Gasteiger partial charge in [-0.15, -0.1) is 10.2 Å². The molecule has 1 atom stereocenters. The lowest BCUT2D eigenvalue weighted by atomic mass is 9.73. The van der Waals surface area contributed by atoms with E-state index in [9.17, 15) is 10.1 Å². The number of nitrogens with one attached hydrogen (secondary N) is 2. The van der Waals surface area contributed by atoms with Crippen LogP contribution in [-0.4, -0.2) is 40.8 Å². The van der Waals surface area contributed by atoms with Gasteiger partial charge in [0.05, 0.1) is 30.6 Å². The molecule has 2 fully saturated rings. The van der Waals surface area contributed by atoms with Crippen LogP contribution >= 0.6 is 0 Å². The number of pyridine rings is 1. The summed E-state index contributed by atoms with van der Waals surface area (Å²) in [5.74, 6) is 2.87. The van der Waals surface area contributed by atoms with Gasteiger partial charge < -0.3 is 15.1 Å². The third-order valence-electron chi connectivity index (χ3n) is 9.34. The molecule has 244 valence electrons. The van der Waals surface area contributed by atoms with Gasteiger partial charge >= 0.3 is 0 Å². The van der Waals surface area contributed by atoms with Gasteiger partial charge in [0.25, 0.3) is 0 Å². The maximum absolute atomic E-state index is 13.8. The van der Waals surface area contributed by atoms with Crippen LogP contribution in [0.25, 0.3) is 11.1 Å². The highest BCUT2D eigenvalue weighted by atomic mass is 16.4. The molecule has 2 aliphatic rings. The van der Waals surface area contributed by atoms with Crippen molar-refractivity contribution in [1.29, 1.82) is 5.26 Å². The normalized spacial score (nSPS) is 18.2. The van der Waals surface area contributed by atoms with Crippen molar-refractivity contribution >= 4 is 11.7 Å². The Bertz CT molecular complexity index is 1880. The van der Waals surface area contributed by atoms with Gasteiger partial charge in [0.1, 0.15) is 23.3 Å². The molecule has 1 amide bonds. The van der Waals surface area contributed by atoms with E-state index in [4.69, 9.17) is 14.4 Å². The Morgan fingerprint density at radius 1 is 0.979 bits per heavy atom. The Morgan fingerprint density at radius 2 is 1.81 bits per heavy atom. The molecular weight excluding hydrogens is 604 g/mol. The zero-order valence-electron chi connectivity index (χ0n) is 26.9. The number of carbonyl (C=O) groups excluding carboxylic acids is 1. The summed E-state index contributed by atoms with van der Waals surface area (Å²) in [6.07, 6.45) is 13.7. The number of aromatic nitrogens is 7. The number of hydrogen-bond donors (Lipinski definition) is 2. The quantitative estimate of drug-likeness (QED) is 0.179. The number of amides is 1. The zero-order chi connectivity index (χ0) is 32.9. The van der Waals surface area contributed by atoms with Gasteiger partial charge in [0.15, 0.2) is 0 Å². The van der Waals surface area contributed by atoms with Crippen LogP contribution in [0.4, 0.5) is 5.82 Å². The van der Waals surface area contributed by atoms with Crippen molar-refractivity contribution < 1.29 is 9.21 Å². The maximum atomic E-state index is 13.8. The molecule has 2 aliphatic carbocycles. The number of rotatable bonds is 12. The van der Waals surface area contributed by atoms with Crippen LogP contribution in [0.1, 0.15) is 84.8 Å². The van der Waals surface area contributed by atoms with E-state index in [0.717, 1.165) is 60.9 Å². The summed E-state index contributed by atoms with van der Waals surface area (Å²) in [6, 6.07) is 16.2. The fourth-order valence-corrected chi connectivity index (χ4v) is 6.52. The van der Waals surface area contributed by atoms with Crippen molar-refractivity contribution in [3.63, 3.8) is 0 Å². The molecule has 1 unspecified atom stereocenters. The van der Waals surface area contributed by atoms with Crippen LogP contribution in [0.2, 0.25) is 0 Å². The Morgan fingerprint density at radius 3 is 2.52 bits per heavy atom. The molecule has 2 N–H and O–H groups in total. The SMILES string of the molecule is Cn1cc(-c2ccc(C(C(=O)NCc3ccccc3)C3CCC(Cc4ncc(C#N)c(NCc5nnc(C6CC6)o5)n4)CC3)nc2)cn1. The Labute approximate surface area is 279 Å². The molecule has 7 rings (SSSR count). The first-order chi connectivity index (χ1) is 23.5. The molecule has 2 saturated carbocycles. The summed E-state index contributed by atoms with van der Waals surface area (Å²) >= 11 is 0. The number of carbonyl (C=O) groups is 1. The van der Waals surface area contributed by atoms with E-state index < -0.39 is 0 Å². The second-order valence-electron chi connectivity index (χ2n) is 12.9. The molecule has 0 spiro atoms. The minimum absolute atomic E-state index is 0.000529. The largest absolute Gasteiger partial charge is 0.423 e. The molecule has 12 heteroatoms. The Balaban J connectivity index is 1.01. The first-order valence-electron chi connectivity index (χ1n) is 16.6. The average molecular weight is 643 g/mol. The lowest BCUT2D eigenvalue weighted by molar-refractivity contribution is -0.124. The number of anilines is 1. The van der Waals surface area contributed by atoms with Gasteiger partial charge in [-0.2, -0.15) is 10.4 Å². The van der Waals surface area contributed by atoms with Crippen molar-refractivity contribution in [2.45, 2.75) is 69.9 Å². The topological polar surface area (TPSA) is 160 Å². The van der Waals surface area contributed by atoms with Crippen LogP contribution in [-0.2, 0) is 31.4 Å². The summed E-state index contributed by atoms with van der Waals surface area (Å²) in [5, 5.41) is 28.6. The maximum Gasteiger partial charge on any atom is 0.235 e. The second-order valence-corrected chi connectivity index (χ2v) is 12.9. The number of aryl methyl sites for hydroxylation is 1. The molecule has 12 nitrogen and oxygen atoms in total. The highest BCUT2D eigenvalue weighted by Crippen LogP contribution is 2.40. The highest BCUT2D eigenvalue weighted by Gasteiger charge is 2.35. The van der Waals surface area contributed by atoms with Gasteiger partial charge in [-0.05, 0) is 62.0 Å². The average Bonchev–Trinajstić information content (AvgIpc) is 3.70. The van der Waals surface area contributed by atoms with Gasteiger partial charge in [0.2, 0.25) is 17.7 Å². The van der Waals surface area contributed by atoms with Crippen LogP contribution in [0, 0.1) is 23.2 Å². The van der Waals surface area contributed by atoms with E-state index in [1.54, 1.807) is 10.9 Å². The molecule has 0 radical (unpaired) electrons. The van der Waals surface area contributed by atoms with E-state index in [1.807, 2.05) is 68.1 Å². The summed E-state index contributed by atoms with van der Waals surface area (Å²) < 4.78 is 7.52. The molecule has 0 bridgehead atoms. The summed E-state index contributed by atoms with van der Waals surface area (Å²) in [4.78, 5) is 27.8. The van der Waals surface area contributed by atoms with Crippen LogP contribution in [0.3, 0.4) is 0 Å². The fourth-order valence-electron chi connectivity index (χ4n) is 6.52. The summed E-state index contributed by atoms with van der Waals surface area (Å²) in [6.45, 7) is 0.765. The van der Waals surface area contributed by atoms with Crippen molar-refractivity contribution in [2.75, 3.05) is 5.32 Å². The number of nitrogens with zero attached hydrogens (tertiary/aromatic N) is 8. The zero-order valence-corrected chi connectivity index (χ0v) is 26.9. The standard InChI is InChI=1S/C36H38N10O2/c1-46-22-29(20-42-46)27-13-14-30(38-18-27)33(35(47)41-17-24-5-3-2-4-6-24)25-9-7-23(8-10-25)15-31-39-19-28(16-37)34(43-31)40-21-32-44-45-36(48-32)26-11-12-26/h2-6,13-14,18-20,22-23,25-26,33H,7-12,15,17,21H2,1H3,(H,41,47)(H,39,40,43). The minimum atomic E-state index is -0.357. The van der Waals surface area contributed by atoms with Gasteiger partial charge in [0, 0.05) is 49.5 Å². The van der Waals surface area contributed by atoms with E-state index in [2.05, 4.69) is 37.0 Å². The number of nitriles is 1. The third kappa shape index (κ3) is 7.41. The molecule has 0 aliphatic heterocycles. The molecule has 5 aromatic rings. The second kappa shape index (κ2) is 14.1. The Kier molecular flexibility index (Phi) is 9.18. The van der Waals surface area contributed by atoms with Crippen LogP contribution < -0.4 is 10.6 Å². The van der Waals surface area contributed by atoms with Gasteiger partial charge in [-0.25, -0.2) is 9.97 Å². The van der Waals surface area contributed by atoms with Crippen LogP contribution in [0.5, 0.6) is 0 Å². The molecule has 1 aromatic carbocycles. The lowest BCUT2D eigenvalue weighted by Gasteiger charge is -2.33. The first kappa shape index (κ1) is 31.2. The molecule has 4 aromatic heterocycles. The Hall–Kier alpha value is -5.44.